The lowest BCUT2D eigenvalue weighted by atomic mass is 9.92. The number of aliphatic hydroxyl groups excluding tert-OH is 1. The first-order valence-corrected chi connectivity index (χ1v) is 6.08. The van der Waals surface area contributed by atoms with Crippen LogP contribution >= 0.6 is 0 Å². The highest BCUT2D eigenvalue weighted by atomic mass is 19.1. The van der Waals surface area contributed by atoms with Gasteiger partial charge in [-0.3, -0.25) is 4.79 Å². The molecule has 0 bridgehead atoms. The predicted octanol–water partition coefficient (Wildman–Crippen LogP) is 3.96. The smallest absolute Gasteiger partial charge is 0.166 e. The van der Waals surface area contributed by atoms with Crippen LogP contribution in [0.25, 0.3) is 0 Å². The molecule has 0 aliphatic heterocycles. The van der Waals surface area contributed by atoms with Gasteiger partial charge in [-0.1, -0.05) is 27.7 Å². The van der Waals surface area contributed by atoms with E-state index in [1.165, 1.54) is 0 Å². The Morgan fingerprint density at radius 1 is 1.25 bits per heavy atom. The summed E-state index contributed by atoms with van der Waals surface area (Å²) in [5.74, 6) is -0.707. The summed E-state index contributed by atoms with van der Waals surface area (Å²) in [6, 6.07) is 0. The van der Waals surface area contributed by atoms with Crippen LogP contribution < -0.4 is 0 Å². The Labute approximate surface area is 97.6 Å². The van der Waals surface area contributed by atoms with Crippen LogP contribution in [0.5, 0.6) is 0 Å². The number of allylic oxidation sites excluding steroid dienone is 2. The molecule has 0 rings (SSSR count). The highest BCUT2D eigenvalue weighted by Gasteiger charge is 2.31. The molecule has 0 amide bonds. The molecule has 0 aliphatic rings. The van der Waals surface area contributed by atoms with Crippen LogP contribution in [-0.4, -0.2) is 16.6 Å². The summed E-state index contributed by atoms with van der Waals surface area (Å²) in [7, 11) is 0. The van der Waals surface area contributed by atoms with Crippen LogP contribution in [0.15, 0.2) is 11.8 Å². The maximum atomic E-state index is 14.0. The van der Waals surface area contributed by atoms with Gasteiger partial charge in [-0.15, -0.1) is 0 Å². The molecule has 0 aromatic carbocycles. The van der Waals surface area contributed by atoms with E-state index < -0.39 is 11.4 Å². The fourth-order valence-corrected chi connectivity index (χ4v) is 1.69. The summed E-state index contributed by atoms with van der Waals surface area (Å²) in [6.07, 6.45) is 2.88. The van der Waals surface area contributed by atoms with Crippen molar-refractivity contribution in [3.63, 3.8) is 0 Å². The lowest BCUT2D eigenvalue weighted by Crippen LogP contribution is -2.25. The summed E-state index contributed by atoms with van der Waals surface area (Å²) in [5.41, 5.74) is -1.75. The molecular formula is C13H23FO2. The third-order valence-electron chi connectivity index (χ3n) is 3.25. The molecule has 0 saturated carbocycles. The zero-order valence-electron chi connectivity index (χ0n) is 10.7. The van der Waals surface area contributed by atoms with E-state index in [9.17, 15) is 14.3 Å². The molecule has 0 saturated heterocycles. The van der Waals surface area contributed by atoms with Gasteiger partial charge in [0.2, 0.25) is 0 Å². The molecule has 94 valence electrons. The van der Waals surface area contributed by atoms with Crippen LogP contribution in [0.1, 0.15) is 53.4 Å². The molecule has 0 aromatic rings. The minimum absolute atomic E-state index is 0.111. The van der Waals surface area contributed by atoms with Gasteiger partial charge in [0.1, 0.15) is 5.76 Å². The van der Waals surface area contributed by atoms with Crippen molar-refractivity contribution < 1.29 is 14.3 Å². The molecule has 16 heavy (non-hydrogen) atoms. The average molecular weight is 230 g/mol. The molecule has 3 heteroatoms. The first-order chi connectivity index (χ1) is 7.45. The lowest BCUT2D eigenvalue weighted by molar-refractivity contribution is -0.118. The quantitative estimate of drug-likeness (QED) is 0.531. The van der Waals surface area contributed by atoms with Crippen molar-refractivity contribution in [1.82, 2.24) is 0 Å². The monoisotopic (exact) mass is 230 g/mol. The van der Waals surface area contributed by atoms with Crippen molar-refractivity contribution in [1.29, 1.82) is 0 Å². The van der Waals surface area contributed by atoms with Gasteiger partial charge in [0.15, 0.2) is 11.5 Å². The van der Waals surface area contributed by atoms with Gasteiger partial charge in [0, 0.05) is 12.0 Å². The highest BCUT2D eigenvalue weighted by Crippen LogP contribution is 2.28. The number of hydrogen-bond acceptors (Lipinski definition) is 2. The van der Waals surface area contributed by atoms with Crippen LogP contribution in [-0.2, 0) is 4.79 Å². The summed E-state index contributed by atoms with van der Waals surface area (Å²) in [4.78, 5) is 11.7. The molecule has 0 spiro atoms. The summed E-state index contributed by atoms with van der Waals surface area (Å²) >= 11 is 0. The van der Waals surface area contributed by atoms with Crippen LogP contribution in [0.4, 0.5) is 4.39 Å². The van der Waals surface area contributed by atoms with Crippen LogP contribution in [0.2, 0.25) is 0 Å². The Kier molecular flexibility index (Phi) is 6.31. The van der Waals surface area contributed by atoms with Gasteiger partial charge >= 0.3 is 0 Å². The zero-order valence-corrected chi connectivity index (χ0v) is 10.7. The molecule has 2 nitrogen and oxygen atoms in total. The molecular weight excluding hydrogens is 207 g/mol. The SMILES string of the molecule is CCC(CC)C(=O)/C=C(\O)C(F)(CC)CC. The molecule has 0 fully saturated rings. The number of alkyl halides is 1. The normalized spacial score (nSPS) is 13.2. The van der Waals surface area contributed by atoms with Gasteiger partial charge < -0.3 is 5.11 Å². The molecule has 1 N–H and O–H groups in total. The van der Waals surface area contributed by atoms with E-state index in [1.807, 2.05) is 13.8 Å². The summed E-state index contributed by atoms with van der Waals surface area (Å²) in [5, 5.41) is 9.64. The van der Waals surface area contributed by atoms with Crippen molar-refractivity contribution in [3.05, 3.63) is 11.8 Å². The van der Waals surface area contributed by atoms with Crippen molar-refractivity contribution in [2.75, 3.05) is 0 Å². The van der Waals surface area contributed by atoms with Crippen molar-refractivity contribution in [2.24, 2.45) is 5.92 Å². The number of halogens is 1. The minimum atomic E-state index is -1.75. The number of carbonyl (C=O) groups excluding carboxylic acids is 1. The molecule has 0 heterocycles. The number of rotatable bonds is 7. The van der Waals surface area contributed by atoms with E-state index in [1.54, 1.807) is 13.8 Å². The Morgan fingerprint density at radius 3 is 2.00 bits per heavy atom. The summed E-state index contributed by atoms with van der Waals surface area (Å²) in [6.45, 7) is 7.16. The number of hydrogen-bond donors (Lipinski definition) is 1. The molecule has 0 radical (unpaired) electrons. The highest BCUT2D eigenvalue weighted by molar-refractivity contribution is 5.92. The Morgan fingerprint density at radius 2 is 1.69 bits per heavy atom. The van der Waals surface area contributed by atoms with Crippen molar-refractivity contribution in [2.45, 2.75) is 59.0 Å². The Bertz CT molecular complexity index is 251. The standard InChI is InChI=1S/C13H23FO2/c1-5-10(6-2)11(15)9-12(16)13(14,7-3)8-4/h9-10,16H,5-8H2,1-4H3/b12-9-. The molecule has 0 atom stereocenters. The van der Waals surface area contributed by atoms with E-state index in [0.29, 0.717) is 0 Å². The molecule has 0 unspecified atom stereocenters. The zero-order chi connectivity index (χ0) is 12.8. The predicted molar refractivity (Wildman–Crippen MR) is 64.2 cm³/mol. The fraction of sp³-hybridized carbons (Fsp3) is 0.769. The largest absolute Gasteiger partial charge is 0.509 e. The minimum Gasteiger partial charge on any atom is -0.509 e. The van der Waals surface area contributed by atoms with Crippen LogP contribution in [0.3, 0.4) is 0 Å². The average Bonchev–Trinajstić information content (AvgIpc) is 2.29. The third kappa shape index (κ3) is 3.62. The Hall–Kier alpha value is -0.860. The summed E-state index contributed by atoms with van der Waals surface area (Å²) < 4.78 is 14.0. The second-order valence-corrected chi connectivity index (χ2v) is 4.12. The van der Waals surface area contributed by atoms with E-state index in [-0.39, 0.29) is 24.5 Å². The first-order valence-electron chi connectivity index (χ1n) is 6.08. The molecule has 0 aromatic heterocycles. The van der Waals surface area contributed by atoms with Crippen molar-refractivity contribution >= 4 is 5.78 Å². The second-order valence-electron chi connectivity index (χ2n) is 4.12. The van der Waals surface area contributed by atoms with Gasteiger partial charge in [-0.05, 0) is 25.7 Å². The number of aliphatic hydroxyl groups is 1. The van der Waals surface area contributed by atoms with Crippen LogP contribution in [0, 0.1) is 5.92 Å². The third-order valence-corrected chi connectivity index (χ3v) is 3.25. The maximum Gasteiger partial charge on any atom is 0.166 e. The number of carbonyl (C=O) groups is 1. The fourth-order valence-electron chi connectivity index (χ4n) is 1.69. The maximum absolute atomic E-state index is 14.0. The van der Waals surface area contributed by atoms with E-state index >= 15 is 0 Å². The first kappa shape index (κ1) is 15.1. The van der Waals surface area contributed by atoms with Gasteiger partial charge in [0.25, 0.3) is 0 Å². The van der Waals surface area contributed by atoms with Gasteiger partial charge in [-0.2, -0.15) is 0 Å². The van der Waals surface area contributed by atoms with E-state index in [2.05, 4.69) is 0 Å². The lowest BCUT2D eigenvalue weighted by Gasteiger charge is -2.21. The van der Waals surface area contributed by atoms with Gasteiger partial charge in [-0.25, -0.2) is 4.39 Å². The number of ketones is 1. The second kappa shape index (κ2) is 6.66. The van der Waals surface area contributed by atoms with Crippen molar-refractivity contribution in [3.8, 4) is 0 Å². The van der Waals surface area contributed by atoms with E-state index in [0.717, 1.165) is 18.9 Å². The molecule has 0 aliphatic carbocycles. The van der Waals surface area contributed by atoms with Gasteiger partial charge in [0.05, 0.1) is 0 Å². The Balaban J connectivity index is 4.82. The van der Waals surface area contributed by atoms with E-state index in [4.69, 9.17) is 0 Å². The topological polar surface area (TPSA) is 37.3 Å².